The minimum Gasteiger partial charge on any atom is -0.497 e. The predicted molar refractivity (Wildman–Crippen MR) is 126 cm³/mol. The first kappa shape index (κ1) is 23.5. The van der Waals surface area contributed by atoms with E-state index in [1.807, 2.05) is 31.2 Å². The second-order valence-electron chi connectivity index (χ2n) is 7.46. The number of methoxy groups -OCH3 is 1. The van der Waals surface area contributed by atoms with E-state index >= 15 is 0 Å². The monoisotopic (exact) mass is 456 g/mol. The molecule has 1 aromatic heterocycles. The summed E-state index contributed by atoms with van der Waals surface area (Å²) in [7, 11) is -2.11. The Morgan fingerprint density at radius 2 is 1.75 bits per heavy atom. The molecule has 8 nitrogen and oxygen atoms in total. The van der Waals surface area contributed by atoms with Crippen LogP contribution in [0.4, 0.5) is 0 Å². The fraction of sp³-hybridized carbons (Fsp3) is 0.304. The fourth-order valence-corrected chi connectivity index (χ4v) is 3.99. The predicted octanol–water partition coefficient (Wildman–Crippen LogP) is 2.83. The zero-order chi connectivity index (χ0) is 23.3. The zero-order valence-corrected chi connectivity index (χ0v) is 19.3. The van der Waals surface area contributed by atoms with Crippen molar-refractivity contribution in [3.63, 3.8) is 0 Å². The molecular formula is C23H28N4O4S. The number of sulfonamides is 1. The van der Waals surface area contributed by atoms with E-state index in [0.717, 1.165) is 35.5 Å². The highest BCUT2D eigenvalue weighted by Crippen LogP contribution is 2.16. The highest BCUT2D eigenvalue weighted by atomic mass is 32.2. The van der Waals surface area contributed by atoms with Crippen molar-refractivity contribution in [3.05, 3.63) is 75.7 Å². The largest absolute Gasteiger partial charge is 0.497 e. The Kier molecular flexibility index (Phi) is 7.32. The average Bonchev–Trinajstić information content (AvgIpc) is 3.09. The molecule has 3 rings (SSSR count). The average molecular weight is 457 g/mol. The van der Waals surface area contributed by atoms with Crippen LogP contribution in [-0.4, -0.2) is 37.6 Å². The number of aliphatic imine (C=N–C) groups is 1. The number of aromatic nitrogens is 2. The zero-order valence-electron chi connectivity index (χ0n) is 18.5. The summed E-state index contributed by atoms with van der Waals surface area (Å²) in [4.78, 5) is 17.9. The Balaban J connectivity index is 1.82. The van der Waals surface area contributed by atoms with Crippen LogP contribution in [0.2, 0.25) is 0 Å². The molecular weight excluding hydrogens is 428 g/mol. The lowest BCUT2D eigenvalue weighted by molar-refractivity contribution is 0.414. The van der Waals surface area contributed by atoms with Crippen LogP contribution >= 0.6 is 0 Å². The Hall–Kier alpha value is -3.17. The third-order valence-corrected chi connectivity index (χ3v) is 6.09. The van der Waals surface area contributed by atoms with Gasteiger partial charge in [-0.15, -0.1) is 0 Å². The van der Waals surface area contributed by atoms with Gasteiger partial charge in [-0.2, -0.15) is 0 Å². The lowest BCUT2D eigenvalue weighted by atomic mass is 10.1. The standard InChI is InChI=1S/C23H28N4O4S/c1-4-5-21-22(23(28)27(26-21)18-8-10-19(31-3)11-9-18)16(2)25-15-14-17-6-12-20(13-7-17)32(24,29)30/h6-13,26H,4-5,14-15H2,1-3H3,(H2,24,29,30). The van der Waals surface area contributed by atoms with Crippen molar-refractivity contribution in [2.24, 2.45) is 10.1 Å². The molecule has 0 atom stereocenters. The van der Waals surface area contributed by atoms with Gasteiger partial charge in [-0.05, 0) is 61.7 Å². The van der Waals surface area contributed by atoms with E-state index in [1.165, 1.54) is 16.8 Å². The number of primary sulfonamides is 1. The van der Waals surface area contributed by atoms with Gasteiger partial charge >= 0.3 is 0 Å². The highest BCUT2D eigenvalue weighted by Gasteiger charge is 2.17. The minimum absolute atomic E-state index is 0.0801. The lowest BCUT2D eigenvalue weighted by Gasteiger charge is -2.03. The van der Waals surface area contributed by atoms with Crippen molar-refractivity contribution in [1.29, 1.82) is 0 Å². The molecule has 0 saturated heterocycles. The number of rotatable bonds is 9. The summed E-state index contributed by atoms with van der Waals surface area (Å²) >= 11 is 0. The Labute approximate surface area is 187 Å². The molecule has 3 aromatic rings. The fourth-order valence-electron chi connectivity index (χ4n) is 3.48. The van der Waals surface area contributed by atoms with Crippen molar-refractivity contribution in [2.45, 2.75) is 38.0 Å². The first-order valence-electron chi connectivity index (χ1n) is 10.4. The molecule has 0 fully saturated rings. The van der Waals surface area contributed by atoms with Crippen LogP contribution < -0.4 is 15.4 Å². The molecule has 0 aliphatic rings. The maximum atomic E-state index is 13.2. The Morgan fingerprint density at radius 1 is 1.09 bits per heavy atom. The topological polar surface area (TPSA) is 120 Å². The second kappa shape index (κ2) is 9.97. The maximum Gasteiger partial charge on any atom is 0.280 e. The van der Waals surface area contributed by atoms with E-state index in [2.05, 4.69) is 17.0 Å². The SMILES string of the molecule is CCCc1[nH]n(-c2ccc(OC)cc2)c(=O)c1C(C)=NCCc1ccc(S(N)(=O)=O)cc1. The minimum atomic E-state index is -3.70. The van der Waals surface area contributed by atoms with E-state index in [0.29, 0.717) is 24.2 Å². The number of aryl methyl sites for hydroxylation is 1. The van der Waals surface area contributed by atoms with Crippen molar-refractivity contribution < 1.29 is 13.2 Å². The highest BCUT2D eigenvalue weighted by molar-refractivity contribution is 7.89. The van der Waals surface area contributed by atoms with E-state index in [-0.39, 0.29) is 10.5 Å². The summed E-state index contributed by atoms with van der Waals surface area (Å²) in [6.07, 6.45) is 2.23. The third-order valence-electron chi connectivity index (χ3n) is 5.16. The van der Waals surface area contributed by atoms with Gasteiger partial charge in [0, 0.05) is 18.0 Å². The summed E-state index contributed by atoms with van der Waals surface area (Å²) in [5.74, 6) is 0.720. The number of aromatic amines is 1. The van der Waals surface area contributed by atoms with Gasteiger partial charge < -0.3 is 4.74 Å². The molecule has 0 saturated carbocycles. The number of hydrogen-bond donors (Lipinski definition) is 2. The number of H-pyrrole nitrogens is 1. The summed E-state index contributed by atoms with van der Waals surface area (Å²) < 4.78 is 29.5. The van der Waals surface area contributed by atoms with Gasteiger partial charge in [-0.1, -0.05) is 25.5 Å². The van der Waals surface area contributed by atoms with E-state index < -0.39 is 10.0 Å². The van der Waals surface area contributed by atoms with Crippen molar-refractivity contribution in [1.82, 2.24) is 9.78 Å². The summed E-state index contributed by atoms with van der Waals surface area (Å²) in [6.45, 7) is 4.37. The molecule has 0 spiro atoms. The number of nitrogens with two attached hydrogens (primary N) is 1. The number of nitrogens with zero attached hydrogens (tertiary/aromatic N) is 2. The molecule has 9 heteroatoms. The molecule has 0 aliphatic carbocycles. The summed E-state index contributed by atoms with van der Waals surface area (Å²) in [6, 6.07) is 13.7. The number of hydrogen-bond acceptors (Lipinski definition) is 5. The maximum absolute atomic E-state index is 13.2. The molecule has 0 unspecified atom stereocenters. The second-order valence-corrected chi connectivity index (χ2v) is 9.02. The van der Waals surface area contributed by atoms with Crippen LogP contribution in [0.25, 0.3) is 5.69 Å². The molecule has 2 aromatic carbocycles. The van der Waals surface area contributed by atoms with Gasteiger partial charge in [0.1, 0.15) is 5.75 Å². The molecule has 0 bridgehead atoms. The van der Waals surface area contributed by atoms with Crippen LogP contribution in [0.15, 0.2) is 63.2 Å². The summed E-state index contributed by atoms with van der Waals surface area (Å²) in [5.41, 5.74) is 3.63. The van der Waals surface area contributed by atoms with E-state index in [1.54, 1.807) is 19.2 Å². The van der Waals surface area contributed by atoms with Crippen LogP contribution in [0.1, 0.15) is 37.1 Å². The molecule has 0 amide bonds. The lowest BCUT2D eigenvalue weighted by Crippen LogP contribution is -2.20. The van der Waals surface area contributed by atoms with E-state index in [9.17, 15) is 13.2 Å². The van der Waals surface area contributed by atoms with E-state index in [4.69, 9.17) is 9.88 Å². The van der Waals surface area contributed by atoms with Gasteiger partial charge in [0.05, 0.1) is 23.3 Å². The van der Waals surface area contributed by atoms with Crippen LogP contribution in [0, 0.1) is 0 Å². The molecule has 32 heavy (non-hydrogen) atoms. The molecule has 1 heterocycles. The molecule has 3 N–H and O–H groups in total. The van der Waals surface area contributed by atoms with Crippen LogP contribution in [0.5, 0.6) is 5.75 Å². The van der Waals surface area contributed by atoms with Crippen molar-refractivity contribution in [3.8, 4) is 11.4 Å². The van der Waals surface area contributed by atoms with Crippen molar-refractivity contribution >= 4 is 15.7 Å². The number of ether oxygens (including phenoxy) is 1. The quantitative estimate of drug-likeness (QED) is 0.481. The molecule has 0 aliphatic heterocycles. The van der Waals surface area contributed by atoms with Crippen LogP contribution in [0.3, 0.4) is 0 Å². The third kappa shape index (κ3) is 5.35. The molecule has 170 valence electrons. The first-order chi connectivity index (χ1) is 15.2. The number of nitrogens with one attached hydrogen (secondary N) is 1. The Bertz CT molecular complexity index is 1250. The Morgan fingerprint density at radius 3 is 2.31 bits per heavy atom. The van der Waals surface area contributed by atoms with Gasteiger partial charge in [0.2, 0.25) is 10.0 Å². The number of benzene rings is 2. The van der Waals surface area contributed by atoms with Crippen molar-refractivity contribution in [2.75, 3.05) is 13.7 Å². The van der Waals surface area contributed by atoms with Gasteiger partial charge in [0.15, 0.2) is 0 Å². The normalized spacial score (nSPS) is 12.2. The van der Waals surface area contributed by atoms with Gasteiger partial charge in [-0.3, -0.25) is 14.9 Å². The summed E-state index contributed by atoms with van der Waals surface area (Å²) in [5, 5.41) is 8.36. The molecule has 0 radical (unpaired) electrons. The van der Waals surface area contributed by atoms with Gasteiger partial charge in [0.25, 0.3) is 5.56 Å². The van der Waals surface area contributed by atoms with Gasteiger partial charge in [-0.25, -0.2) is 18.2 Å². The van der Waals surface area contributed by atoms with Crippen LogP contribution in [-0.2, 0) is 22.9 Å². The smallest absolute Gasteiger partial charge is 0.280 e. The first-order valence-corrected chi connectivity index (χ1v) is 11.9.